The summed E-state index contributed by atoms with van der Waals surface area (Å²) >= 11 is 12.0. The van der Waals surface area contributed by atoms with Crippen LogP contribution in [0.25, 0.3) is 0 Å². The van der Waals surface area contributed by atoms with Crippen LogP contribution in [0.2, 0.25) is 10.0 Å². The fourth-order valence-electron chi connectivity index (χ4n) is 4.78. The lowest BCUT2D eigenvalue weighted by Gasteiger charge is -2.46. The number of amides is 4. The molecule has 3 saturated heterocycles. The van der Waals surface area contributed by atoms with Crippen LogP contribution >= 0.6 is 23.2 Å². The number of benzene rings is 1. The zero-order valence-electron chi connectivity index (χ0n) is 14.9. The largest absolute Gasteiger partial charge is 0.342 e. The standard InChI is InChI=1S/C18H17Cl2N3O4/c1-18-13-12(15(25)22(3)16(13)26)11(7-21(2)17(18)27)23(18)14(24)8-4-5-9(19)10(20)6-8/h4-6,11-13H,7H2,1-3H3/t11-,12+,13-,18-/m1/s1. The van der Waals surface area contributed by atoms with Gasteiger partial charge in [-0.25, -0.2) is 0 Å². The van der Waals surface area contributed by atoms with Gasteiger partial charge in [0.1, 0.15) is 5.54 Å². The zero-order chi connectivity index (χ0) is 19.8. The highest BCUT2D eigenvalue weighted by Gasteiger charge is 2.73. The smallest absolute Gasteiger partial charge is 0.255 e. The third-order valence-corrected chi connectivity index (χ3v) is 6.79. The summed E-state index contributed by atoms with van der Waals surface area (Å²) in [5.41, 5.74) is -1.17. The van der Waals surface area contributed by atoms with Crippen molar-refractivity contribution < 1.29 is 19.2 Å². The quantitative estimate of drug-likeness (QED) is 0.654. The molecule has 4 atom stereocenters. The molecule has 4 amide bonds. The van der Waals surface area contributed by atoms with E-state index in [0.717, 1.165) is 4.90 Å². The van der Waals surface area contributed by atoms with E-state index in [1.165, 1.54) is 35.0 Å². The van der Waals surface area contributed by atoms with Crippen LogP contribution in [0.4, 0.5) is 0 Å². The zero-order valence-corrected chi connectivity index (χ0v) is 16.4. The molecule has 27 heavy (non-hydrogen) atoms. The van der Waals surface area contributed by atoms with Gasteiger partial charge < -0.3 is 9.80 Å². The Kier molecular flexibility index (Phi) is 3.85. The summed E-state index contributed by atoms with van der Waals surface area (Å²) in [7, 11) is 3.04. The number of piperazine rings is 1. The van der Waals surface area contributed by atoms with Gasteiger partial charge in [-0.1, -0.05) is 23.2 Å². The molecule has 0 aromatic heterocycles. The van der Waals surface area contributed by atoms with E-state index < -0.39 is 35.2 Å². The molecule has 3 aliphatic rings. The van der Waals surface area contributed by atoms with Crippen molar-refractivity contribution in [3.05, 3.63) is 33.8 Å². The maximum absolute atomic E-state index is 13.3. The van der Waals surface area contributed by atoms with Crippen LogP contribution in [-0.2, 0) is 14.4 Å². The normalized spacial score (nSPS) is 32.4. The van der Waals surface area contributed by atoms with Crippen molar-refractivity contribution in [3.8, 4) is 0 Å². The number of hydrogen-bond donors (Lipinski definition) is 0. The number of rotatable bonds is 1. The third kappa shape index (κ3) is 2.15. The van der Waals surface area contributed by atoms with E-state index in [9.17, 15) is 19.2 Å². The van der Waals surface area contributed by atoms with E-state index in [2.05, 4.69) is 0 Å². The third-order valence-electron chi connectivity index (χ3n) is 6.05. The summed E-state index contributed by atoms with van der Waals surface area (Å²) in [4.78, 5) is 55.8. The molecular weight excluding hydrogens is 393 g/mol. The van der Waals surface area contributed by atoms with E-state index in [-0.39, 0.29) is 28.9 Å². The Morgan fingerprint density at radius 3 is 2.41 bits per heavy atom. The van der Waals surface area contributed by atoms with Crippen molar-refractivity contribution in [2.75, 3.05) is 20.6 Å². The molecule has 142 valence electrons. The van der Waals surface area contributed by atoms with Gasteiger partial charge in [0, 0.05) is 26.2 Å². The van der Waals surface area contributed by atoms with Crippen LogP contribution in [-0.4, -0.2) is 70.5 Å². The number of carbonyl (C=O) groups excluding carboxylic acids is 4. The van der Waals surface area contributed by atoms with E-state index in [4.69, 9.17) is 23.2 Å². The number of hydrogen-bond acceptors (Lipinski definition) is 4. The van der Waals surface area contributed by atoms with Gasteiger partial charge in [-0.15, -0.1) is 0 Å². The van der Waals surface area contributed by atoms with E-state index in [1.54, 1.807) is 14.0 Å². The lowest BCUT2D eigenvalue weighted by Crippen LogP contribution is -2.67. The molecule has 0 unspecified atom stereocenters. The van der Waals surface area contributed by atoms with Gasteiger partial charge in [0.05, 0.1) is 27.9 Å². The average Bonchev–Trinajstić information content (AvgIpc) is 2.98. The van der Waals surface area contributed by atoms with Crippen LogP contribution < -0.4 is 0 Å². The summed E-state index contributed by atoms with van der Waals surface area (Å²) in [6, 6.07) is 3.88. The number of likely N-dealkylation sites (N-methyl/N-ethyl adjacent to an activating group) is 1. The Bertz CT molecular complexity index is 920. The van der Waals surface area contributed by atoms with Crippen LogP contribution in [0.1, 0.15) is 17.3 Å². The molecule has 0 saturated carbocycles. The molecule has 1 aromatic carbocycles. The molecule has 3 heterocycles. The fraction of sp³-hybridized carbons (Fsp3) is 0.444. The predicted octanol–water partition coefficient (Wildman–Crippen LogP) is 1.28. The summed E-state index contributed by atoms with van der Waals surface area (Å²) < 4.78 is 0. The van der Waals surface area contributed by atoms with Crippen molar-refractivity contribution in [2.45, 2.75) is 18.5 Å². The summed E-state index contributed by atoms with van der Waals surface area (Å²) in [6.07, 6.45) is 0. The van der Waals surface area contributed by atoms with Gasteiger partial charge in [-0.3, -0.25) is 24.1 Å². The van der Waals surface area contributed by atoms with Crippen LogP contribution in [0.3, 0.4) is 0 Å². The Morgan fingerprint density at radius 1 is 1.11 bits per heavy atom. The van der Waals surface area contributed by atoms with Crippen molar-refractivity contribution in [1.29, 1.82) is 0 Å². The second kappa shape index (κ2) is 5.69. The lowest BCUT2D eigenvalue weighted by molar-refractivity contribution is -0.153. The summed E-state index contributed by atoms with van der Waals surface area (Å²) in [5.74, 6) is -3.19. The highest BCUT2D eigenvalue weighted by molar-refractivity contribution is 6.42. The summed E-state index contributed by atoms with van der Waals surface area (Å²) in [5, 5.41) is 0.522. The monoisotopic (exact) mass is 409 g/mol. The molecule has 1 aromatic rings. The van der Waals surface area contributed by atoms with E-state index >= 15 is 0 Å². The molecule has 0 aliphatic carbocycles. The van der Waals surface area contributed by atoms with Gasteiger partial charge in [-0.2, -0.15) is 0 Å². The van der Waals surface area contributed by atoms with Gasteiger partial charge in [-0.05, 0) is 25.1 Å². The van der Waals surface area contributed by atoms with Crippen molar-refractivity contribution in [1.82, 2.24) is 14.7 Å². The van der Waals surface area contributed by atoms with Crippen LogP contribution in [0, 0.1) is 11.8 Å². The highest BCUT2D eigenvalue weighted by atomic mass is 35.5. The second-order valence-electron chi connectivity index (χ2n) is 7.44. The van der Waals surface area contributed by atoms with Gasteiger partial charge in [0.15, 0.2) is 0 Å². The molecule has 0 N–H and O–H groups in total. The van der Waals surface area contributed by atoms with Gasteiger partial charge in [0.2, 0.25) is 17.7 Å². The topological polar surface area (TPSA) is 78.0 Å². The summed E-state index contributed by atoms with van der Waals surface area (Å²) in [6.45, 7) is 1.76. The minimum Gasteiger partial charge on any atom is -0.342 e. The lowest BCUT2D eigenvalue weighted by atomic mass is 9.81. The van der Waals surface area contributed by atoms with Crippen molar-refractivity contribution >= 4 is 46.8 Å². The molecule has 2 bridgehead atoms. The minimum absolute atomic E-state index is 0.190. The SMILES string of the molecule is CN1C[C@@H]2[C@@H]3C(=O)N(C)C(=O)[C@@H]3[C@](C)(C1=O)N2C(=O)c1ccc(Cl)c(Cl)c1. The van der Waals surface area contributed by atoms with Crippen molar-refractivity contribution in [3.63, 3.8) is 0 Å². The Hall–Kier alpha value is -2.12. The first-order valence-electron chi connectivity index (χ1n) is 8.46. The molecule has 7 nitrogen and oxygen atoms in total. The number of carbonyl (C=O) groups is 4. The van der Waals surface area contributed by atoms with E-state index in [1.807, 2.05) is 0 Å². The maximum Gasteiger partial charge on any atom is 0.255 e. The number of halogens is 2. The predicted molar refractivity (Wildman–Crippen MR) is 97.2 cm³/mol. The molecule has 4 rings (SSSR count). The van der Waals surface area contributed by atoms with E-state index in [0.29, 0.717) is 5.02 Å². The first-order chi connectivity index (χ1) is 12.6. The first kappa shape index (κ1) is 18.3. The average molecular weight is 410 g/mol. The Morgan fingerprint density at radius 2 is 1.78 bits per heavy atom. The van der Waals surface area contributed by atoms with Crippen molar-refractivity contribution in [2.24, 2.45) is 11.8 Å². The Labute approximate surface area is 165 Å². The molecule has 3 aliphatic heterocycles. The number of likely N-dealkylation sites (tertiary alicyclic amines) is 2. The highest BCUT2D eigenvalue weighted by Crippen LogP contribution is 2.52. The molecule has 0 radical (unpaired) electrons. The first-order valence-corrected chi connectivity index (χ1v) is 9.22. The number of nitrogens with zero attached hydrogens (tertiary/aromatic N) is 3. The van der Waals surface area contributed by atoms with Gasteiger partial charge >= 0.3 is 0 Å². The second-order valence-corrected chi connectivity index (χ2v) is 8.26. The Balaban J connectivity index is 1.85. The van der Waals surface area contributed by atoms with Crippen LogP contribution in [0.15, 0.2) is 18.2 Å². The maximum atomic E-state index is 13.3. The molecule has 9 heteroatoms. The number of fused-ring (bicyclic) bond motifs is 5. The van der Waals surface area contributed by atoms with Crippen LogP contribution in [0.5, 0.6) is 0 Å². The molecule has 3 fully saturated rings. The fourth-order valence-corrected chi connectivity index (χ4v) is 5.08. The number of imide groups is 1. The molecular formula is C18H17Cl2N3O4. The molecule has 0 spiro atoms. The van der Waals surface area contributed by atoms with Gasteiger partial charge in [0.25, 0.3) is 5.91 Å². The minimum atomic E-state index is -1.43.